The van der Waals surface area contributed by atoms with Crippen LogP contribution in [0.15, 0.2) is 34.9 Å². The monoisotopic (exact) mass is 372 g/mol. The number of benzene rings is 1. The smallest absolute Gasteiger partial charge is 0.317 e. The summed E-state index contributed by atoms with van der Waals surface area (Å²) in [4.78, 5) is 29.6. The van der Waals surface area contributed by atoms with Gasteiger partial charge in [-0.1, -0.05) is 35.5 Å². The molecule has 144 valence electrons. The van der Waals surface area contributed by atoms with Gasteiger partial charge in [0.1, 0.15) is 0 Å². The van der Waals surface area contributed by atoms with Crippen molar-refractivity contribution in [2.75, 3.05) is 13.1 Å². The van der Waals surface area contributed by atoms with Crippen LogP contribution < -0.4 is 5.32 Å². The van der Waals surface area contributed by atoms with E-state index in [0.717, 1.165) is 12.0 Å². The van der Waals surface area contributed by atoms with Gasteiger partial charge >= 0.3 is 12.0 Å². The number of hydrogen-bond acceptors (Lipinski definition) is 5. The highest BCUT2D eigenvalue weighted by Crippen LogP contribution is 2.26. The quantitative estimate of drug-likeness (QED) is 0.772. The third-order valence-corrected chi connectivity index (χ3v) is 4.73. The van der Waals surface area contributed by atoms with E-state index in [1.54, 1.807) is 11.8 Å². The van der Waals surface area contributed by atoms with E-state index in [9.17, 15) is 9.59 Å². The summed E-state index contributed by atoms with van der Waals surface area (Å²) < 4.78 is 5.22. The Morgan fingerprint density at radius 2 is 2.15 bits per heavy atom. The molecule has 0 saturated carbocycles. The van der Waals surface area contributed by atoms with Crippen LogP contribution in [0.3, 0.4) is 0 Å². The molecular formula is C19H24N4O4. The van der Waals surface area contributed by atoms with E-state index >= 15 is 0 Å². The number of carbonyl (C=O) groups excluding carboxylic acids is 1. The van der Waals surface area contributed by atoms with Crippen molar-refractivity contribution in [3.05, 3.63) is 47.6 Å². The van der Waals surface area contributed by atoms with E-state index in [4.69, 9.17) is 9.63 Å². The normalized spacial score (nSPS) is 17.7. The Balaban J connectivity index is 1.59. The van der Waals surface area contributed by atoms with Crippen LogP contribution in [0.25, 0.3) is 0 Å². The topological polar surface area (TPSA) is 109 Å². The molecule has 2 amide bonds. The maximum Gasteiger partial charge on any atom is 0.317 e. The van der Waals surface area contributed by atoms with Crippen LogP contribution in [0.1, 0.15) is 42.5 Å². The standard InChI is InChI=1S/C19H24N4O4/c1-13-20-18(27-22-13)15-9-10-23(12-15)19(26)21-16(7-8-17(24)25)11-14-5-3-2-4-6-14/h2-6,15-16H,7-12H2,1H3,(H,21,26)(H,24,25). The van der Waals surface area contributed by atoms with Gasteiger partial charge in [0.05, 0.1) is 5.92 Å². The summed E-state index contributed by atoms with van der Waals surface area (Å²) >= 11 is 0. The Labute approximate surface area is 157 Å². The molecule has 1 aromatic heterocycles. The second-order valence-corrected chi connectivity index (χ2v) is 6.88. The van der Waals surface area contributed by atoms with Crippen LogP contribution in [0.2, 0.25) is 0 Å². The molecule has 3 rings (SSSR count). The van der Waals surface area contributed by atoms with Gasteiger partial charge < -0.3 is 19.8 Å². The summed E-state index contributed by atoms with van der Waals surface area (Å²) in [5.74, 6) is 0.331. The fraction of sp³-hybridized carbons (Fsp3) is 0.474. The van der Waals surface area contributed by atoms with Crippen LogP contribution in [0.4, 0.5) is 4.79 Å². The van der Waals surface area contributed by atoms with Crippen molar-refractivity contribution in [3.63, 3.8) is 0 Å². The highest BCUT2D eigenvalue weighted by atomic mass is 16.5. The fourth-order valence-corrected chi connectivity index (χ4v) is 3.31. The molecule has 2 aromatic rings. The molecule has 1 aromatic carbocycles. The second-order valence-electron chi connectivity index (χ2n) is 6.88. The molecule has 8 nitrogen and oxygen atoms in total. The SMILES string of the molecule is Cc1noc(C2CCN(C(=O)NC(CCC(=O)O)Cc3ccccc3)C2)n1. The van der Waals surface area contributed by atoms with Gasteiger partial charge in [-0.05, 0) is 31.7 Å². The average molecular weight is 372 g/mol. The van der Waals surface area contributed by atoms with E-state index in [2.05, 4.69) is 15.5 Å². The van der Waals surface area contributed by atoms with Gasteiger partial charge in [0.15, 0.2) is 5.82 Å². The van der Waals surface area contributed by atoms with Gasteiger partial charge in [0, 0.05) is 25.6 Å². The van der Waals surface area contributed by atoms with Gasteiger partial charge in [0.2, 0.25) is 5.89 Å². The van der Waals surface area contributed by atoms with E-state index in [-0.39, 0.29) is 24.4 Å². The summed E-state index contributed by atoms with van der Waals surface area (Å²) in [6.07, 6.45) is 1.77. The molecule has 1 aliphatic rings. The van der Waals surface area contributed by atoms with E-state index in [0.29, 0.717) is 37.6 Å². The van der Waals surface area contributed by atoms with E-state index in [1.165, 1.54) is 0 Å². The lowest BCUT2D eigenvalue weighted by Crippen LogP contribution is -2.45. The molecular weight excluding hydrogens is 348 g/mol. The number of carboxylic acid groups (broad SMARTS) is 1. The average Bonchev–Trinajstić information content (AvgIpc) is 3.29. The Morgan fingerprint density at radius 1 is 1.37 bits per heavy atom. The highest BCUT2D eigenvalue weighted by molar-refractivity contribution is 5.75. The number of carbonyl (C=O) groups is 2. The molecule has 0 radical (unpaired) electrons. The van der Waals surface area contributed by atoms with Gasteiger partial charge in [0.25, 0.3) is 0 Å². The first-order chi connectivity index (χ1) is 13.0. The molecule has 0 aliphatic carbocycles. The van der Waals surface area contributed by atoms with Crippen molar-refractivity contribution in [3.8, 4) is 0 Å². The molecule has 1 fully saturated rings. The molecule has 2 heterocycles. The summed E-state index contributed by atoms with van der Waals surface area (Å²) in [5, 5.41) is 15.8. The molecule has 0 bridgehead atoms. The van der Waals surface area contributed by atoms with Crippen LogP contribution in [-0.2, 0) is 11.2 Å². The van der Waals surface area contributed by atoms with Gasteiger partial charge in [-0.25, -0.2) is 4.79 Å². The first-order valence-corrected chi connectivity index (χ1v) is 9.12. The lowest BCUT2D eigenvalue weighted by atomic mass is 10.0. The Kier molecular flexibility index (Phi) is 6.05. The van der Waals surface area contributed by atoms with Gasteiger partial charge in [-0.15, -0.1) is 0 Å². The van der Waals surface area contributed by atoms with Crippen molar-refractivity contribution >= 4 is 12.0 Å². The van der Waals surface area contributed by atoms with Crippen LogP contribution in [-0.4, -0.2) is 51.3 Å². The Bertz CT molecular complexity index is 777. The van der Waals surface area contributed by atoms with Gasteiger partial charge in [-0.2, -0.15) is 4.98 Å². The number of carboxylic acids is 1. The number of amides is 2. The highest BCUT2D eigenvalue weighted by Gasteiger charge is 2.31. The zero-order chi connectivity index (χ0) is 19.2. The number of nitrogens with one attached hydrogen (secondary N) is 1. The zero-order valence-corrected chi connectivity index (χ0v) is 15.3. The molecule has 8 heteroatoms. The number of rotatable bonds is 7. The number of urea groups is 1. The van der Waals surface area contributed by atoms with Crippen molar-refractivity contribution < 1.29 is 19.2 Å². The van der Waals surface area contributed by atoms with E-state index < -0.39 is 5.97 Å². The first kappa shape index (κ1) is 18.9. The minimum Gasteiger partial charge on any atom is -0.481 e. The third kappa shape index (κ3) is 5.29. The predicted molar refractivity (Wildman–Crippen MR) is 97.3 cm³/mol. The first-order valence-electron chi connectivity index (χ1n) is 9.12. The van der Waals surface area contributed by atoms with Crippen molar-refractivity contribution in [2.45, 2.75) is 44.6 Å². The summed E-state index contributed by atoms with van der Waals surface area (Å²) in [5.41, 5.74) is 1.06. The molecule has 2 N–H and O–H groups in total. The second kappa shape index (κ2) is 8.66. The molecule has 2 atom stereocenters. The number of hydrogen-bond donors (Lipinski definition) is 2. The number of likely N-dealkylation sites (tertiary alicyclic amines) is 1. The Morgan fingerprint density at radius 3 is 2.81 bits per heavy atom. The zero-order valence-electron chi connectivity index (χ0n) is 15.3. The number of nitrogens with zero attached hydrogens (tertiary/aromatic N) is 3. The number of aromatic nitrogens is 2. The minimum atomic E-state index is -0.865. The predicted octanol–water partition coefficient (Wildman–Crippen LogP) is 2.35. The van der Waals surface area contributed by atoms with Crippen LogP contribution in [0, 0.1) is 6.92 Å². The third-order valence-electron chi connectivity index (χ3n) is 4.73. The molecule has 1 aliphatic heterocycles. The Hall–Kier alpha value is -2.90. The summed E-state index contributed by atoms with van der Waals surface area (Å²) in [7, 11) is 0. The molecule has 1 saturated heterocycles. The molecule has 2 unspecified atom stereocenters. The maximum atomic E-state index is 12.7. The number of aryl methyl sites for hydroxylation is 1. The molecule has 27 heavy (non-hydrogen) atoms. The molecule has 0 spiro atoms. The van der Waals surface area contributed by atoms with Crippen LogP contribution >= 0.6 is 0 Å². The minimum absolute atomic E-state index is 0.0155. The maximum absolute atomic E-state index is 12.7. The lowest BCUT2D eigenvalue weighted by Gasteiger charge is -2.23. The van der Waals surface area contributed by atoms with Crippen LogP contribution in [0.5, 0.6) is 0 Å². The van der Waals surface area contributed by atoms with Crippen molar-refractivity contribution in [1.82, 2.24) is 20.4 Å². The number of aliphatic carboxylic acids is 1. The van der Waals surface area contributed by atoms with Crippen molar-refractivity contribution in [2.24, 2.45) is 0 Å². The summed E-state index contributed by atoms with van der Waals surface area (Å²) in [6, 6.07) is 9.33. The lowest BCUT2D eigenvalue weighted by molar-refractivity contribution is -0.137. The largest absolute Gasteiger partial charge is 0.481 e. The van der Waals surface area contributed by atoms with Crippen molar-refractivity contribution in [1.29, 1.82) is 0 Å². The fourth-order valence-electron chi connectivity index (χ4n) is 3.31. The van der Waals surface area contributed by atoms with E-state index in [1.807, 2.05) is 30.3 Å². The van der Waals surface area contributed by atoms with Gasteiger partial charge in [-0.3, -0.25) is 4.79 Å². The summed E-state index contributed by atoms with van der Waals surface area (Å²) in [6.45, 7) is 2.89.